The van der Waals surface area contributed by atoms with Crippen molar-refractivity contribution in [3.63, 3.8) is 0 Å². The van der Waals surface area contributed by atoms with Crippen LogP contribution in [0.15, 0.2) is 40.8 Å². The third-order valence-electron chi connectivity index (χ3n) is 2.79. The summed E-state index contributed by atoms with van der Waals surface area (Å²) in [4.78, 5) is 0. The van der Waals surface area contributed by atoms with Crippen LogP contribution in [0.5, 0.6) is 0 Å². The molecule has 0 aliphatic heterocycles. The number of hydrogen-bond acceptors (Lipinski definition) is 4. The zero-order chi connectivity index (χ0) is 14.6. The van der Waals surface area contributed by atoms with Crippen molar-refractivity contribution in [3.8, 4) is 0 Å². The van der Waals surface area contributed by atoms with Crippen molar-refractivity contribution < 1.29 is 17.9 Å². The zero-order valence-electron chi connectivity index (χ0n) is 11.2. The van der Waals surface area contributed by atoms with Crippen LogP contribution in [0.1, 0.15) is 22.6 Å². The Hall–Kier alpha value is -1.63. The number of nitrogens with one attached hydrogen (secondary N) is 1. The number of benzene rings is 1. The third-order valence-corrected chi connectivity index (χ3v) is 4.09. The van der Waals surface area contributed by atoms with E-state index in [2.05, 4.69) is 4.72 Å². The van der Waals surface area contributed by atoms with Crippen LogP contribution in [0.2, 0.25) is 0 Å². The lowest BCUT2D eigenvalue weighted by atomic mass is 10.1. The highest BCUT2D eigenvalue weighted by atomic mass is 32.2. The molecule has 0 radical (unpaired) electrons. The first-order valence-corrected chi connectivity index (χ1v) is 7.85. The van der Waals surface area contributed by atoms with Gasteiger partial charge in [0, 0.05) is 0 Å². The Kier molecular flexibility index (Phi) is 4.59. The highest BCUT2D eigenvalue weighted by Gasteiger charge is 2.12. The van der Waals surface area contributed by atoms with Crippen LogP contribution in [-0.2, 0) is 28.9 Å². The molecule has 0 atom stereocenters. The highest BCUT2D eigenvalue weighted by Crippen LogP contribution is 2.10. The molecule has 0 bridgehead atoms. The molecule has 2 aromatic rings. The molecule has 2 rings (SSSR count). The van der Waals surface area contributed by atoms with Crippen molar-refractivity contribution in [3.05, 3.63) is 59.0 Å². The molecule has 0 unspecified atom stereocenters. The van der Waals surface area contributed by atoms with Gasteiger partial charge in [0.2, 0.25) is 10.0 Å². The Morgan fingerprint density at radius 2 is 1.95 bits per heavy atom. The Labute approximate surface area is 118 Å². The summed E-state index contributed by atoms with van der Waals surface area (Å²) in [6.45, 7) is 1.83. The van der Waals surface area contributed by atoms with Crippen molar-refractivity contribution in [2.24, 2.45) is 0 Å². The van der Waals surface area contributed by atoms with E-state index in [0.29, 0.717) is 16.9 Å². The van der Waals surface area contributed by atoms with Gasteiger partial charge in [0.15, 0.2) is 0 Å². The van der Waals surface area contributed by atoms with Gasteiger partial charge in [-0.15, -0.1) is 0 Å². The third kappa shape index (κ3) is 4.19. The zero-order valence-corrected chi connectivity index (χ0v) is 12.0. The summed E-state index contributed by atoms with van der Waals surface area (Å²) < 4.78 is 31.7. The van der Waals surface area contributed by atoms with Gasteiger partial charge in [0.25, 0.3) is 0 Å². The number of aliphatic hydroxyl groups excluding tert-OH is 1. The minimum atomic E-state index is -3.44. The smallest absolute Gasteiger partial charge is 0.216 e. The Morgan fingerprint density at radius 3 is 2.60 bits per heavy atom. The van der Waals surface area contributed by atoms with Gasteiger partial charge < -0.3 is 9.52 Å². The van der Waals surface area contributed by atoms with E-state index in [0.717, 1.165) is 5.76 Å². The van der Waals surface area contributed by atoms with Crippen molar-refractivity contribution >= 4 is 10.0 Å². The van der Waals surface area contributed by atoms with E-state index in [9.17, 15) is 8.42 Å². The second-order valence-electron chi connectivity index (χ2n) is 4.57. The SMILES string of the molecule is Cc1ccc(CNS(=O)(=O)Cc2cccc(CO)c2)o1. The number of hydrogen-bond donors (Lipinski definition) is 2. The lowest BCUT2D eigenvalue weighted by Gasteiger charge is -2.06. The molecule has 0 amide bonds. The molecule has 0 spiro atoms. The van der Waals surface area contributed by atoms with E-state index in [1.54, 1.807) is 43.3 Å². The fourth-order valence-electron chi connectivity index (χ4n) is 1.85. The van der Waals surface area contributed by atoms with Crippen LogP contribution in [0.25, 0.3) is 0 Å². The standard InChI is InChI=1S/C14H17NO4S/c1-11-5-6-14(19-11)8-15-20(17,18)10-13-4-2-3-12(7-13)9-16/h2-7,15-16H,8-10H2,1H3. The summed E-state index contributed by atoms with van der Waals surface area (Å²) in [5.74, 6) is 1.20. The molecule has 0 fully saturated rings. The van der Waals surface area contributed by atoms with Gasteiger partial charge >= 0.3 is 0 Å². The molecular formula is C14H17NO4S. The second-order valence-corrected chi connectivity index (χ2v) is 6.38. The quantitative estimate of drug-likeness (QED) is 0.850. The molecule has 6 heteroatoms. The van der Waals surface area contributed by atoms with Crippen LogP contribution < -0.4 is 4.72 Å². The molecule has 0 saturated heterocycles. The van der Waals surface area contributed by atoms with E-state index in [1.807, 2.05) is 0 Å². The maximum atomic E-state index is 12.0. The maximum Gasteiger partial charge on any atom is 0.216 e. The van der Waals surface area contributed by atoms with E-state index in [4.69, 9.17) is 9.52 Å². The van der Waals surface area contributed by atoms with Gasteiger partial charge in [0.1, 0.15) is 11.5 Å². The number of sulfonamides is 1. The largest absolute Gasteiger partial charge is 0.465 e. The summed E-state index contributed by atoms with van der Waals surface area (Å²) in [6.07, 6.45) is 0. The van der Waals surface area contributed by atoms with Crippen LogP contribution in [-0.4, -0.2) is 13.5 Å². The molecule has 2 N–H and O–H groups in total. The van der Waals surface area contributed by atoms with E-state index >= 15 is 0 Å². The monoisotopic (exact) mass is 295 g/mol. The first-order chi connectivity index (χ1) is 9.48. The average molecular weight is 295 g/mol. The molecule has 0 aliphatic rings. The van der Waals surface area contributed by atoms with Gasteiger partial charge in [-0.1, -0.05) is 24.3 Å². The minimum absolute atomic E-state index is 0.104. The first-order valence-electron chi connectivity index (χ1n) is 6.20. The van der Waals surface area contributed by atoms with E-state index in [-0.39, 0.29) is 18.9 Å². The van der Waals surface area contributed by atoms with Gasteiger partial charge in [-0.3, -0.25) is 0 Å². The van der Waals surface area contributed by atoms with Gasteiger partial charge in [-0.2, -0.15) is 0 Å². The topological polar surface area (TPSA) is 79.5 Å². The summed E-state index contributed by atoms with van der Waals surface area (Å²) in [5, 5.41) is 9.04. The molecule has 20 heavy (non-hydrogen) atoms. The summed E-state index contributed by atoms with van der Waals surface area (Å²) >= 11 is 0. The molecule has 0 aliphatic carbocycles. The Bertz CT molecular complexity index is 676. The van der Waals surface area contributed by atoms with Crippen molar-refractivity contribution in [1.82, 2.24) is 4.72 Å². The highest BCUT2D eigenvalue weighted by molar-refractivity contribution is 7.88. The molecule has 1 aromatic carbocycles. The summed E-state index contributed by atoms with van der Waals surface area (Å²) in [7, 11) is -3.44. The lowest BCUT2D eigenvalue weighted by molar-refractivity contribution is 0.282. The Balaban J connectivity index is 1.99. The first kappa shape index (κ1) is 14.8. The van der Waals surface area contributed by atoms with Gasteiger partial charge in [0.05, 0.1) is 18.9 Å². The number of aryl methyl sites for hydroxylation is 1. The molecule has 1 heterocycles. The van der Waals surface area contributed by atoms with Crippen molar-refractivity contribution in [2.75, 3.05) is 0 Å². The fraction of sp³-hybridized carbons (Fsp3) is 0.286. The van der Waals surface area contributed by atoms with Gasteiger partial charge in [-0.05, 0) is 30.2 Å². The van der Waals surface area contributed by atoms with Crippen LogP contribution in [0.3, 0.4) is 0 Å². The number of rotatable bonds is 6. The number of aliphatic hydroxyl groups is 1. The molecule has 108 valence electrons. The van der Waals surface area contributed by atoms with E-state index < -0.39 is 10.0 Å². The Morgan fingerprint density at radius 1 is 1.20 bits per heavy atom. The second kappa shape index (κ2) is 6.21. The summed E-state index contributed by atoms with van der Waals surface area (Å²) in [6, 6.07) is 10.4. The van der Waals surface area contributed by atoms with Gasteiger partial charge in [-0.25, -0.2) is 13.1 Å². The molecule has 5 nitrogen and oxygen atoms in total. The van der Waals surface area contributed by atoms with Crippen molar-refractivity contribution in [2.45, 2.75) is 25.8 Å². The van der Waals surface area contributed by atoms with Crippen LogP contribution >= 0.6 is 0 Å². The van der Waals surface area contributed by atoms with E-state index in [1.165, 1.54) is 0 Å². The van der Waals surface area contributed by atoms with Crippen LogP contribution in [0.4, 0.5) is 0 Å². The lowest BCUT2D eigenvalue weighted by Crippen LogP contribution is -2.24. The molecular weight excluding hydrogens is 278 g/mol. The normalized spacial score (nSPS) is 11.7. The number of furan rings is 1. The van der Waals surface area contributed by atoms with Crippen molar-refractivity contribution in [1.29, 1.82) is 0 Å². The predicted molar refractivity (Wildman–Crippen MR) is 75.3 cm³/mol. The predicted octanol–water partition coefficient (Wildman–Crippen LogP) is 1.70. The minimum Gasteiger partial charge on any atom is -0.465 e. The maximum absolute atomic E-state index is 12.0. The molecule has 0 saturated carbocycles. The van der Waals surface area contributed by atoms with Crippen LogP contribution in [0, 0.1) is 6.92 Å². The fourth-order valence-corrected chi connectivity index (χ4v) is 2.93. The molecule has 1 aromatic heterocycles. The average Bonchev–Trinajstić information content (AvgIpc) is 2.82. The summed E-state index contributed by atoms with van der Waals surface area (Å²) in [5.41, 5.74) is 1.33.